The molecular formula is C41H26F5N3. The van der Waals surface area contributed by atoms with Crippen molar-refractivity contribution in [2.24, 2.45) is 0 Å². The van der Waals surface area contributed by atoms with Gasteiger partial charge in [0, 0.05) is 27.1 Å². The van der Waals surface area contributed by atoms with Gasteiger partial charge in [0.1, 0.15) is 0 Å². The predicted octanol–water partition coefficient (Wildman–Crippen LogP) is 11.3. The van der Waals surface area contributed by atoms with Gasteiger partial charge in [-0.15, -0.1) is 0 Å². The fourth-order valence-corrected chi connectivity index (χ4v) is 7.11. The third kappa shape index (κ3) is 4.39. The first-order valence-corrected chi connectivity index (χ1v) is 15.6. The average molecular weight is 656 g/mol. The van der Waals surface area contributed by atoms with E-state index >= 15 is 17.6 Å². The summed E-state index contributed by atoms with van der Waals surface area (Å²) >= 11 is 0. The van der Waals surface area contributed by atoms with E-state index in [0.717, 1.165) is 43.8 Å². The molecule has 3 nitrogen and oxygen atoms in total. The van der Waals surface area contributed by atoms with E-state index in [1.54, 1.807) is 9.13 Å². The molecule has 8 heteroatoms. The lowest BCUT2D eigenvalue weighted by atomic mass is 9.96. The number of hydrogen-bond donors (Lipinski definition) is 0. The lowest BCUT2D eigenvalue weighted by Gasteiger charge is -2.22. The van der Waals surface area contributed by atoms with Crippen LogP contribution in [-0.2, 0) is 0 Å². The minimum Gasteiger partial charge on any atom is -0.308 e. The van der Waals surface area contributed by atoms with Crippen LogP contribution in [0.1, 0.15) is 27.8 Å². The molecule has 0 saturated carbocycles. The van der Waals surface area contributed by atoms with E-state index < -0.39 is 34.6 Å². The van der Waals surface area contributed by atoms with E-state index in [-0.39, 0.29) is 22.5 Å². The number of halogens is 5. The molecule has 0 N–H and O–H groups in total. The summed E-state index contributed by atoms with van der Waals surface area (Å²) in [6.07, 6.45) is 0. The minimum absolute atomic E-state index is 0.0868. The third-order valence-corrected chi connectivity index (χ3v) is 9.32. The number of rotatable bonds is 3. The molecule has 2 heterocycles. The summed E-state index contributed by atoms with van der Waals surface area (Å²) < 4.78 is 80.9. The van der Waals surface area contributed by atoms with Crippen molar-refractivity contribution in [1.82, 2.24) is 9.13 Å². The monoisotopic (exact) mass is 655 g/mol. The summed E-state index contributed by atoms with van der Waals surface area (Å²) in [5, 5.41) is 13.7. The Morgan fingerprint density at radius 1 is 0.429 bits per heavy atom. The number of nitrogens with zero attached hydrogens (tertiary/aromatic N) is 3. The Balaban J connectivity index is 1.68. The van der Waals surface area contributed by atoms with Gasteiger partial charge in [0.2, 0.25) is 5.82 Å². The van der Waals surface area contributed by atoms with Crippen molar-refractivity contribution in [1.29, 1.82) is 5.26 Å². The molecule has 0 saturated heterocycles. The highest BCUT2D eigenvalue weighted by molar-refractivity contribution is 6.12. The number of nitriles is 1. The third-order valence-electron chi connectivity index (χ3n) is 9.32. The quantitative estimate of drug-likeness (QED) is 0.106. The summed E-state index contributed by atoms with van der Waals surface area (Å²) in [4.78, 5) is 0. The van der Waals surface area contributed by atoms with Gasteiger partial charge in [0.15, 0.2) is 23.3 Å². The minimum atomic E-state index is -2.25. The zero-order valence-corrected chi connectivity index (χ0v) is 26.8. The molecule has 0 bridgehead atoms. The Bertz CT molecular complexity index is 2490. The Labute approximate surface area is 277 Å². The lowest BCUT2D eigenvalue weighted by molar-refractivity contribution is 0.381. The van der Waals surface area contributed by atoms with Gasteiger partial charge in [-0.05, 0) is 86.3 Å². The van der Waals surface area contributed by atoms with Crippen LogP contribution in [0, 0.1) is 68.1 Å². The molecule has 49 heavy (non-hydrogen) atoms. The molecule has 0 amide bonds. The zero-order valence-electron chi connectivity index (χ0n) is 26.8. The number of aromatic nitrogens is 2. The topological polar surface area (TPSA) is 33.6 Å². The number of benzene rings is 6. The van der Waals surface area contributed by atoms with Crippen molar-refractivity contribution in [3.8, 4) is 28.6 Å². The summed E-state index contributed by atoms with van der Waals surface area (Å²) in [5.41, 5.74) is 5.06. The first kappa shape index (κ1) is 30.4. The van der Waals surface area contributed by atoms with Crippen molar-refractivity contribution < 1.29 is 22.0 Å². The maximum absolute atomic E-state index is 16.2. The highest BCUT2D eigenvalue weighted by Gasteiger charge is 2.32. The van der Waals surface area contributed by atoms with Gasteiger partial charge < -0.3 is 9.13 Å². The van der Waals surface area contributed by atoms with Gasteiger partial charge >= 0.3 is 0 Å². The van der Waals surface area contributed by atoms with Crippen molar-refractivity contribution >= 4 is 43.6 Å². The molecule has 0 aliphatic heterocycles. The highest BCUT2D eigenvalue weighted by Crippen LogP contribution is 2.45. The molecule has 0 fully saturated rings. The van der Waals surface area contributed by atoms with Crippen LogP contribution < -0.4 is 0 Å². The molecule has 8 rings (SSSR count). The van der Waals surface area contributed by atoms with Crippen LogP contribution in [0.25, 0.3) is 66.1 Å². The molecule has 0 atom stereocenters. The second kappa shape index (κ2) is 10.8. The normalized spacial score (nSPS) is 11.8. The Kier molecular flexibility index (Phi) is 6.69. The Morgan fingerprint density at radius 2 is 0.735 bits per heavy atom. The molecule has 2 aromatic heterocycles. The van der Waals surface area contributed by atoms with E-state index in [1.807, 2.05) is 100 Å². The van der Waals surface area contributed by atoms with Crippen LogP contribution in [0.15, 0.2) is 84.9 Å². The molecule has 0 aliphatic carbocycles. The van der Waals surface area contributed by atoms with Crippen molar-refractivity contribution in [3.05, 3.63) is 142 Å². The number of hydrogen-bond acceptors (Lipinski definition) is 1. The van der Waals surface area contributed by atoms with Crippen molar-refractivity contribution in [2.75, 3.05) is 0 Å². The average Bonchev–Trinajstić information content (AvgIpc) is 3.56. The molecular weight excluding hydrogens is 629 g/mol. The fourth-order valence-electron chi connectivity index (χ4n) is 7.11. The van der Waals surface area contributed by atoms with Crippen LogP contribution in [-0.4, -0.2) is 9.13 Å². The Hall–Kier alpha value is -5.94. The molecule has 8 aromatic rings. The lowest BCUT2D eigenvalue weighted by Crippen LogP contribution is -2.10. The van der Waals surface area contributed by atoms with Crippen LogP contribution >= 0.6 is 0 Å². The van der Waals surface area contributed by atoms with E-state index in [0.29, 0.717) is 22.1 Å². The van der Waals surface area contributed by atoms with Crippen LogP contribution in [0.2, 0.25) is 0 Å². The molecule has 0 aliphatic rings. The van der Waals surface area contributed by atoms with Gasteiger partial charge in [-0.3, -0.25) is 0 Å². The van der Waals surface area contributed by atoms with Gasteiger partial charge in [-0.1, -0.05) is 48.5 Å². The van der Waals surface area contributed by atoms with Crippen LogP contribution in [0.3, 0.4) is 0 Å². The van der Waals surface area contributed by atoms with E-state index in [1.165, 1.54) is 12.1 Å². The first-order chi connectivity index (χ1) is 23.5. The van der Waals surface area contributed by atoms with E-state index in [2.05, 4.69) is 6.07 Å². The van der Waals surface area contributed by atoms with Gasteiger partial charge in [0.05, 0.1) is 50.6 Å². The maximum atomic E-state index is 16.2. The van der Waals surface area contributed by atoms with E-state index in [4.69, 9.17) is 0 Å². The number of aryl methyl sites for hydroxylation is 4. The summed E-state index contributed by atoms with van der Waals surface area (Å²) in [6.45, 7) is 7.60. The maximum Gasteiger partial charge on any atom is 0.200 e. The van der Waals surface area contributed by atoms with Crippen molar-refractivity contribution in [2.45, 2.75) is 27.7 Å². The predicted molar refractivity (Wildman–Crippen MR) is 184 cm³/mol. The fraction of sp³-hybridized carbons (Fsp3) is 0.0976. The highest BCUT2D eigenvalue weighted by atomic mass is 19.2. The second-order valence-corrected chi connectivity index (χ2v) is 12.7. The van der Waals surface area contributed by atoms with Gasteiger partial charge in [-0.2, -0.15) is 5.26 Å². The first-order valence-electron chi connectivity index (χ1n) is 15.6. The number of fused-ring (bicyclic) bond motifs is 6. The smallest absolute Gasteiger partial charge is 0.200 e. The van der Waals surface area contributed by atoms with Crippen LogP contribution in [0.4, 0.5) is 22.0 Å². The molecule has 6 aromatic carbocycles. The molecule has 0 radical (unpaired) electrons. The molecule has 240 valence electrons. The summed E-state index contributed by atoms with van der Waals surface area (Å²) in [6, 6.07) is 28.2. The van der Waals surface area contributed by atoms with Gasteiger partial charge in [-0.25, -0.2) is 22.0 Å². The summed E-state index contributed by atoms with van der Waals surface area (Å²) in [5.74, 6) is -10.3. The largest absolute Gasteiger partial charge is 0.308 e. The zero-order chi connectivity index (χ0) is 34.5. The van der Waals surface area contributed by atoms with E-state index in [9.17, 15) is 9.65 Å². The standard InChI is InChI=1S/C41H26F5N3/c1-20-5-9-25-26-10-6-21(2)14-30(26)48(29(25)13-20)33-17-24(19-47)18-34(35(33)36-37(42)39(44)41(46)40(45)38(36)43)49-31-15-22(3)7-11-27(31)28-12-8-23(4)16-32(28)49/h5-18H,1-4H3. The summed E-state index contributed by atoms with van der Waals surface area (Å²) in [7, 11) is 0. The second-order valence-electron chi connectivity index (χ2n) is 12.7. The van der Waals surface area contributed by atoms with Crippen molar-refractivity contribution in [3.63, 3.8) is 0 Å². The molecule has 0 spiro atoms. The molecule has 0 unspecified atom stereocenters. The SMILES string of the molecule is Cc1ccc2c3ccc(C)cc3n(-c3cc(C#N)cc(-n4c5cc(C)ccc5c5ccc(C)cc54)c3-c3c(F)c(F)c(F)c(F)c3F)c2c1. The van der Waals surface area contributed by atoms with Gasteiger partial charge in [0.25, 0.3) is 0 Å². The Morgan fingerprint density at radius 3 is 1.04 bits per heavy atom. The van der Waals surface area contributed by atoms with Crippen LogP contribution in [0.5, 0.6) is 0 Å².